The van der Waals surface area contributed by atoms with Crippen molar-refractivity contribution in [1.29, 1.82) is 0 Å². The van der Waals surface area contributed by atoms with Crippen LogP contribution in [0, 0.1) is 11.6 Å². The van der Waals surface area contributed by atoms with E-state index in [1.54, 1.807) is 0 Å². The maximum atomic E-state index is 13.8. The molecule has 0 radical (unpaired) electrons. The Hall–Kier alpha value is -3.03. The van der Waals surface area contributed by atoms with Crippen molar-refractivity contribution in [2.75, 3.05) is 19.7 Å². The third-order valence-corrected chi connectivity index (χ3v) is 3.84. The average Bonchev–Trinajstić information content (AvgIpc) is 3.11. The van der Waals surface area contributed by atoms with Crippen LogP contribution in [0.2, 0.25) is 0 Å². The molecule has 1 amide bonds. The van der Waals surface area contributed by atoms with E-state index in [2.05, 4.69) is 11.6 Å². The van der Waals surface area contributed by atoms with Gasteiger partial charge in [0.25, 0.3) is 5.91 Å². The van der Waals surface area contributed by atoms with Crippen molar-refractivity contribution < 1.29 is 27.5 Å². The number of nitrogens with zero attached hydrogens (tertiary/aromatic N) is 2. The molecule has 1 aromatic carbocycles. The molecular weight excluding hydrogens is 370 g/mol. The van der Waals surface area contributed by atoms with E-state index >= 15 is 0 Å². The van der Waals surface area contributed by atoms with Crippen LogP contribution in [0.5, 0.6) is 0 Å². The molecule has 0 N–H and O–H groups in total. The number of benzene rings is 1. The Morgan fingerprint density at radius 2 is 2.07 bits per heavy atom. The third kappa shape index (κ3) is 6.00. The monoisotopic (exact) mass is 392 g/mol. The number of oxazole rings is 1. The number of aryl methyl sites for hydroxylation is 1. The number of esters is 1. The maximum Gasteiger partial charge on any atom is 0.306 e. The fraction of sp³-hybridized carbons (Fsp3) is 0.350. The molecule has 8 heteroatoms. The van der Waals surface area contributed by atoms with Crippen LogP contribution in [0.3, 0.4) is 0 Å². The molecule has 0 atom stereocenters. The van der Waals surface area contributed by atoms with E-state index < -0.39 is 17.6 Å². The first-order chi connectivity index (χ1) is 13.3. The normalized spacial score (nSPS) is 10.6. The van der Waals surface area contributed by atoms with E-state index in [4.69, 9.17) is 9.15 Å². The number of hydrogen-bond donors (Lipinski definition) is 0. The average molecular weight is 392 g/mol. The van der Waals surface area contributed by atoms with Gasteiger partial charge in [-0.1, -0.05) is 12.2 Å². The molecule has 0 saturated carbocycles. The Bertz CT molecular complexity index is 864. The van der Waals surface area contributed by atoms with Gasteiger partial charge < -0.3 is 14.1 Å². The minimum absolute atomic E-state index is 0.0499. The molecule has 0 aliphatic heterocycles. The van der Waals surface area contributed by atoms with Gasteiger partial charge in [-0.25, -0.2) is 13.8 Å². The van der Waals surface area contributed by atoms with Crippen molar-refractivity contribution in [3.8, 4) is 11.3 Å². The number of carbonyl (C=O) groups is 2. The summed E-state index contributed by atoms with van der Waals surface area (Å²) in [7, 11) is 0. The van der Waals surface area contributed by atoms with Crippen LogP contribution >= 0.6 is 0 Å². The van der Waals surface area contributed by atoms with E-state index in [0.717, 1.165) is 17.7 Å². The van der Waals surface area contributed by atoms with Gasteiger partial charge in [0.05, 0.1) is 18.2 Å². The van der Waals surface area contributed by atoms with E-state index in [0.29, 0.717) is 13.1 Å². The smallest absolute Gasteiger partial charge is 0.306 e. The lowest BCUT2D eigenvalue weighted by Crippen LogP contribution is -2.35. The summed E-state index contributed by atoms with van der Waals surface area (Å²) in [6, 6.07) is 3.11. The molecule has 2 rings (SSSR count). The first kappa shape index (κ1) is 21.3. The van der Waals surface area contributed by atoms with Gasteiger partial charge in [0.2, 0.25) is 0 Å². The van der Waals surface area contributed by atoms with Gasteiger partial charge in [0.15, 0.2) is 18.3 Å². The molecule has 0 saturated heterocycles. The summed E-state index contributed by atoms with van der Waals surface area (Å²) in [6.45, 7) is 7.94. The number of hydrogen-bond acceptors (Lipinski definition) is 5. The highest BCUT2D eigenvalue weighted by molar-refractivity contribution is 5.80. The first-order valence-electron chi connectivity index (χ1n) is 8.78. The summed E-state index contributed by atoms with van der Waals surface area (Å²) in [6.07, 6.45) is 1.38. The third-order valence-electron chi connectivity index (χ3n) is 3.84. The summed E-state index contributed by atoms with van der Waals surface area (Å²) < 4.78 is 37.1. The highest BCUT2D eigenvalue weighted by Gasteiger charge is 2.16. The molecule has 2 aromatic rings. The van der Waals surface area contributed by atoms with Gasteiger partial charge in [0, 0.05) is 25.6 Å². The van der Waals surface area contributed by atoms with Gasteiger partial charge >= 0.3 is 5.97 Å². The number of amides is 1. The number of halogens is 2. The second-order valence-electron chi connectivity index (χ2n) is 6.27. The lowest BCUT2D eigenvalue weighted by Gasteiger charge is -2.20. The Kier molecular flexibility index (Phi) is 7.43. The van der Waals surface area contributed by atoms with Gasteiger partial charge in [-0.2, -0.15) is 0 Å². The van der Waals surface area contributed by atoms with Crippen LogP contribution in [-0.4, -0.2) is 41.5 Å². The quantitative estimate of drug-likeness (QED) is 0.482. The molecule has 1 aromatic heterocycles. The fourth-order valence-corrected chi connectivity index (χ4v) is 2.46. The van der Waals surface area contributed by atoms with Crippen molar-refractivity contribution in [2.45, 2.75) is 26.7 Å². The van der Waals surface area contributed by atoms with Crippen LogP contribution in [0.1, 0.15) is 26.2 Å². The summed E-state index contributed by atoms with van der Waals surface area (Å²) in [4.78, 5) is 29.4. The van der Waals surface area contributed by atoms with E-state index in [9.17, 15) is 18.4 Å². The zero-order valence-electron chi connectivity index (χ0n) is 15.8. The second kappa shape index (κ2) is 9.77. The van der Waals surface area contributed by atoms with Crippen LogP contribution in [0.4, 0.5) is 8.78 Å². The molecule has 0 aliphatic rings. The Morgan fingerprint density at radius 3 is 2.71 bits per heavy atom. The highest BCUT2D eigenvalue weighted by Crippen LogP contribution is 2.24. The lowest BCUT2D eigenvalue weighted by atomic mass is 10.2. The molecule has 0 bridgehead atoms. The van der Waals surface area contributed by atoms with Crippen molar-refractivity contribution in [2.24, 2.45) is 0 Å². The predicted octanol–water partition coefficient (Wildman–Crippen LogP) is 3.52. The van der Waals surface area contributed by atoms with Crippen molar-refractivity contribution in [3.05, 3.63) is 54.1 Å². The highest BCUT2D eigenvalue weighted by atomic mass is 19.1. The number of likely N-dealkylation sites (N-methyl/N-ethyl adjacent to an activating group) is 1. The van der Waals surface area contributed by atoms with E-state index in [-0.39, 0.29) is 42.6 Å². The zero-order valence-corrected chi connectivity index (χ0v) is 15.8. The summed E-state index contributed by atoms with van der Waals surface area (Å²) >= 11 is 0. The molecule has 28 heavy (non-hydrogen) atoms. The SMILES string of the molecule is C=C(C)CN(CC)C(=O)COC(=O)CCc1ncc(-c2ccc(F)cc2F)o1. The molecular formula is C20H22F2N2O4. The Labute approximate surface area is 161 Å². The van der Waals surface area contributed by atoms with Gasteiger partial charge in [-0.3, -0.25) is 9.59 Å². The second-order valence-corrected chi connectivity index (χ2v) is 6.27. The predicted molar refractivity (Wildman–Crippen MR) is 98.2 cm³/mol. The van der Waals surface area contributed by atoms with E-state index in [1.165, 1.54) is 17.2 Å². The maximum absolute atomic E-state index is 13.8. The number of rotatable bonds is 9. The van der Waals surface area contributed by atoms with Crippen LogP contribution < -0.4 is 0 Å². The summed E-state index contributed by atoms with van der Waals surface area (Å²) in [5.74, 6) is -2.00. The molecule has 0 aliphatic carbocycles. The molecule has 0 spiro atoms. The Morgan fingerprint density at radius 1 is 1.32 bits per heavy atom. The standard InChI is InChI=1S/C20H22F2N2O4/c1-4-24(11-13(2)3)19(25)12-27-20(26)8-7-18-23-10-17(28-18)15-6-5-14(21)9-16(15)22/h5-6,9-10H,2,4,7-8,11-12H2,1,3H3. The van der Waals surface area contributed by atoms with Crippen molar-refractivity contribution in [3.63, 3.8) is 0 Å². The van der Waals surface area contributed by atoms with Crippen molar-refractivity contribution >= 4 is 11.9 Å². The molecule has 150 valence electrons. The molecule has 0 fully saturated rings. The fourth-order valence-electron chi connectivity index (χ4n) is 2.46. The van der Waals surface area contributed by atoms with Crippen molar-refractivity contribution in [1.82, 2.24) is 9.88 Å². The first-order valence-corrected chi connectivity index (χ1v) is 8.78. The Balaban J connectivity index is 1.84. The molecule has 6 nitrogen and oxygen atoms in total. The summed E-state index contributed by atoms with van der Waals surface area (Å²) in [5.41, 5.74) is 0.907. The number of ether oxygens (including phenoxy) is 1. The van der Waals surface area contributed by atoms with E-state index in [1.807, 2.05) is 13.8 Å². The number of aromatic nitrogens is 1. The topological polar surface area (TPSA) is 72.6 Å². The minimum atomic E-state index is -0.768. The summed E-state index contributed by atoms with van der Waals surface area (Å²) in [5, 5.41) is 0. The molecule has 0 unspecified atom stereocenters. The largest absolute Gasteiger partial charge is 0.456 e. The van der Waals surface area contributed by atoms with Crippen LogP contribution in [-0.2, 0) is 20.7 Å². The lowest BCUT2D eigenvalue weighted by molar-refractivity contribution is -0.151. The van der Waals surface area contributed by atoms with Crippen LogP contribution in [0.15, 0.2) is 41.0 Å². The van der Waals surface area contributed by atoms with Gasteiger partial charge in [-0.15, -0.1) is 0 Å². The van der Waals surface area contributed by atoms with Crippen LogP contribution in [0.25, 0.3) is 11.3 Å². The molecule has 1 heterocycles. The van der Waals surface area contributed by atoms with Gasteiger partial charge in [-0.05, 0) is 26.0 Å². The van der Waals surface area contributed by atoms with Gasteiger partial charge in [0.1, 0.15) is 11.6 Å². The minimum Gasteiger partial charge on any atom is -0.456 e. The zero-order chi connectivity index (χ0) is 20.7. The number of carbonyl (C=O) groups excluding carboxylic acids is 2.